The Morgan fingerprint density at radius 1 is 1.25 bits per heavy atom. The highest BCUT2D eigenvalue weighted by atomic mass is 16.2. The van der Waals surface area contributed by atoms with E-state index in [1.54, 1.807) is 24.3 Å². The molecule has 1 rings (SSSR count). The number of nitrogens with one attached hydrogen (secondary N) is 1. The van der Waals surface area contributed by atoms with Gasteiger partial charge in [0.15, 0.2) is 5.78 Å². The molecule has 2 unspecified atom stereocenters. The van der Waals surface area contributed by atoms with E-state index < -0.39 is 0 Å². The van der Waals surface area contributed by atoms with Gasteiger partial charge in [-0.25, -0.2) is 0 Å². The number of nitrogens with two attached hydrogens (primary N) is 1. The average molecular weight is 276 g/mol. The Balaban J connectivity index is 2.52. The first kappa shape index (κ1) is 16.4. The van der Waals surface area contributed by atoms with Crippen LogP contribution in [0.25, 0.3) is 0 Å². The number of rotatable bonds is 7. The third-order valence-corrected chi connectivity index (χ3v) is 3.28. The molecule has 20 heavy (non-hydrogen) atoms. The zero-order valence-electron chi connectivity index (χ0n) is 12.5. The zero-order chi connectivity index (χ0) is 15.1. The van der Waals surface area contributed by atoms with Gasteiger partial charge in [-0.1, -0.05) is 25.5 Å². The molecule has 4 heteroatoms. The van der Waals surface area contributed by atoms with Crippen molar-refractivity contribution in [3.63, 3.8) is 0 Å². The van der Waals surface area contributed by atoms with Crippen molar-refractivity contribution in [2.75, 3.05) is 5.32 Å². The number of benzene rings is 1. The first-order valence-corrected chi connectivity index (χ1v) is 7.07. The molecule has 110 valence electrons. The van der Waals surface area contributed by atoms with Gasteiger partial charge >= 0.3 is 0 Å². The van der Waals surface area contributed by atoms with Crippen LogP contribution in [0.5, 0.6) is 0 Å². The van der Waals surface area contributed by atoms with E-state index in [4.69, 9.17) is 5.73 Å². The summed E-state index contributed by atoms with van der Waals surface area (Å²) in [4.78, 5) is 23.3. The van der Waals surface area contributed by atoms with Gasteiger partial charge < -0.3 is 11.1 Å². The van der Waals surface area contributed by atoms with Gasteiger partial charge in [-0.15, -0.1) is 0 Å². The maximum absolute atomic E-state index is 12.0. The quantitative estimate of drug-likeness (QED) is 0.752. The predicted molar refractivity (Wildman–Crippen MR) is 81.7 cm³/mol. The Bertz CT molecular complexity index is 469. The Morgan fingerprint density at radius 2 is 1.95 bits per heavy atom. The fourth-order valence-corrected chi connectivity index (χ4v) is 1.96. The molecule has 0 aromatic heterocycles. The standard InChI is InChI=1S/C16H24N2O2/c1-11(6-4-7-12(2)17)16(20)18-15-9-5-8-14(10-15)13(3)19/h5,8-12H,4,6-7,17H2,1-3H3,(H,18,20). The molecule has 0 spiro atoms. The lowest BCUT2D eigenvalue weighted by molar-refractivity contribution is -0.119. The smallest absolute Gasteiger partial charge is 0.227 e. The van der Waals surface area contributed by atoms with Gasteiger partial charge in [-0.05, 0) is 38.8 Å². The van der Waals surface area contributed by atoms with E-state index in [1.807, 2.05) is 13.8 Å². The molecule has 0 radical (unpaired) electrons. The van der Waals surface area contributed by atoms with Crippen LogP contribution < -0.4 is 11.1 Å². The molecule has 0 bridgehead atoms. The maximum atomic E-state index is 12.0. The van der Waals surface area contributed by atoms with Crippen molar-refractivity contribution in [1.82, 2.24) is 0 Å². The van der Waals surface area contributed by atoms with E-state index in [1.165, 1.54) is 6.92 Å². The Hall–Kier alpha value is -1.68. The summed E-state index contributed by atoms with van der Waals surface area (Å²) in [5, 5.41) is 2.85. The van der Waals surface area contributed by atoms with Crippen molar-refractivity contribution in [1.29, 1.82) is 0 Å². The van der Waals surface area contributed by atoms with Crippen molar-refractivity contribution in [2.24, 2.45) is 11.7 Å². The lowest BCUT2D eigenvalue weighted by Crippen LogP contribution is -2.21. The van der Waals surface area contributed by atoms with E-state index in [0.29, 0.717) is 11.3 Å². The van der Waals surface area contributed by atoms with Crippen LogP contribution >= 0.6 is 0 Å². The normalized spacial score (nSPS) is 13.6. The molecule has 0 aliphatic heterocycles. The second kappa shape index (κ2) is 7.80. The van der Waals surface area contributed by atoms with Crippen molar-refractivity contribution in [2.45, 2.75) is 46.1 Å². The number of anilines is 1. The summed E-state index contributed by atoms with van der Waals surface area (Å²) in [7, 11) is 0. The number of carbonyl (C=O) groups is 2. The third-order valence-electron chi connectivity index (χ3n) is 3.28. The summed E-state index contributed by atoms with van der Waals surface area (Å²) < 4.78 is 0. The molecule has 2 atom stereocenters. The highest BCUT2D eigenvalue weighted by Crippen LogP contribution is 2.15. The molecule has 3 N–H and O–H groups in total. The van der Waals surface area contributed by atoms with Crippen LogP contribution in [0.2, 0.25) is 0 Å². The van der Waals surface area contributed by atoms with E-state index in [9.17, 15) is 9.59 Å². The molecule has 1 amide bonds. The minimum atomic E-state index is -0.0604. The minimum absolute atomic E-state index is 0.00826. The highest BCUT2D eigenvalue weighted by molar-refractivity contribution is 5.97. The summed E-state index contributed by atoms with van der Waals surface area (Å²) in [6.45, 7) is 5.39. The molecule has 1 aromatic rings. The number of ketones is 1. The zero-order valence-corrected chi connectivity index (χ0v) is 12.5. The van der Waals surface area contributed by atoms with Gasteiger partial charge in [-0.2, -0.15) is 0 Å². The molecule has 0 saturated carbocycles. The molecular weight excluding hydrogens is 252 g/mol. The second-order valence-corrected chi connectivity index (χ2v) is 5.44. The number of hydrogen-bond donors (Lipinski definition) is 2. The monoisotopic (exact) mass is 276 g/mol. The van der Waals surface area contributed by atoms with Crippen LogP contribution in [0.1, 0.15) is 50.4 Å². The lowest BCUT2D eigenvalue weighted by Gasteiger charge is -2.13. The van der Waals surface area contributed by atoms with Crippen molar-refractivity contribution >= 4 is 17.4 Å². The van der Waals surface area contributed by atoms with E-state index >= 15 is 0 Å². The molecular formula is C16H24N2O2. The fraction of sp³-hybridized carbons (Fsp3) is 0.500. The first-order valence-electron chi connectivity index (χ1n) is 7.07. The Morgan fingerprint density at radius 3 is 2.55 bits per heavy atom. The molecule has 0 aliphatic rings. The largest absolute Gasteiger partial charge is 0.328 e. The van der Waals surface area contributed by atoms with Gasteiger partial charge in [0.05, 0.1) is 0 Å². The Kier molecular flexibility index (Phi) is 6.39. The summed E-state index contributed by atoms with van der Waals surface area (Å²) >= 11 is 0. The molecule has 0 saturated heterocycles. The van der Waals surface area contributed by atoms with Crippen LogP contribution in [0.4, 0.5) is 5.69 Å². The lowest BCUT2D eigenvalue weighted by atomic mass is 10.0. The van der Waals surface area contributed by atoms with Crippen LogP contribution in [0, 0.1) is 5.92 Å². The summed E-state index contributed by atoms with van der Waals surface area (Å²) in [5.41, 5.74) is 6.96. The number of amides is 1. The van der Waals surface area contributed by atoms with Gasteiger partial charge in [0.1, 0.15) is 0 Å². The third kappa shape index (κ3) is 5.53. The number of Topliss-reactive ketones (excluding diaryl/α,β-unsaturated/α-hetero) is 1. The van der Waals surface area contributed by atoms with Crippen molar-refractivity contribution < 1.29 is 9.59 Å². The maximum Gasteiger partial charge on any atom is 0.227 e. The second-order valence-electron chi connectivity index (χ2n) is 5.44. The molecule has 4 nitrogen and oxygen atoms in total. The van der Waals surface area contributed by atoms with E-state index in [2.05, 4.69) is 5.32 Å². The van der Waals surface area contributed by atoms with Crippen molar-refractivity contribution in [3.05, 3.63) is 29.8 Å². The Labute approximate surface area is 120 Å². The van der Waals surface area contributed by atoms with E-state index in [-0.39, 0.29) is 23.7 Å². The molecule has 0 aliphatic carbocycles. The highest BCUT2D eigenvalue weighted by Gasteiger charge is 2.13. The van der Waals surface area contributed by atoms with Gasteiger partial charge in [-0.3, -0.25) is 9.59 Å². The number of hydrogen-bond acceptors (Lipinski definition) is 3. The predicted octanol–water partition coefficient (Wildman–Crippen LogP) is 2.98. The molecule has 0 heterocycles. The van der Waals surface area contributed by atoms with Crippen LogP contribution in [-0.4, -0.2) is 17.7 Å². The molecule has 0 fully saturated rings. The summed E-state index contributed by atoms with van der Waals surface area (Å²) in [5.74, 6) is -0.0869. The topological polar surface area (TPSA) is 72.2 Å². The van der Waals surface area contributed by atoms with E-state index in [0.717, 1.165) is 19.3 Å². The average Bonchev–Trinajstić information content (AvgIpc) is 2.38. The van der Waals surface area contributed by atoms with Crippen molar-refractivity contribution in [3.8, 4) is 0 Å². The minimum Gasteiger partial charge on any atom is -0.328 e. The van der Waals surface area contributed by atoms with Crippen LogP contribution in [0.15, 0.2) is 24.3 Å². The number of carbonyl (C=O) groups excluding carboxylic acids is 2. The first-order chi connectivity index (χ1) is 9.40. The summed E-state index contributed by atoms with van der Waals surface area (Å²) in [6, 6.07) is 7.18. The van der Waals surface area contributed by atoms with Gasteiger partial charge in [0.2, 0.25) is 5.91 Å². The van der Waals surface area contributed by atoms with Crippen LogP contribution in [-0.2, 0) is 4.79 Å². The fourth-order valence-electron chi connectivity index (χ4n) is 1.96. The van der Waals surface area contributed by atoms with Gasteiger partial charge in [0.25, 0.3) is 0 Å². The van der Waals surface area contributed by atoms with Gasteiger partial charge in [0, 0.05) is 23.2 Å². The van der Waals surface area contributed by atoms with Crippen LogP contribution in [0.3, 0.4) is 0 Å². The summed E-state index contributed by atoms with van der Waals surface area (Å²) in [6.07, 6.45) is 2.69. The molecule has 1 aromatic carbocycles. The SMILES string of the molecule is CC(=O)c1cccc(NC(=O)C(C)CCCC(C)N)c1.